The van der Waals surface area contributed by atoms with Crippen molar-refractivity contribution in [1.82, 2.24) is 10.2 Å². The Bertz CT molecular complexity index is 875. The van der Waals surface area contributed by atoms with E-state index in [1.807, 2.05) is 20.8 Å². The van der Waals surface area contributed by atoms with Crippen molar-refractivity contribution >= 4 is 46.6 Å². The molecule has 0 unspecified atom stereocenters. The molecule has 30 heavy (non-hydrogen) atoms. The SMILES string of the molecule is C[C@H](C(=O)NC(C)(C)C)N(Cc1c(Cl)cccc1Cl)C(=O)COc1ccc(Cl)cc1. The number of hydrogen-bond acceptors (Lipinski definition) is 3. The fourth-order valence-corrected chi connectivity index (χ4v) is 3.31. The molecule has 2 amide bonds. The topological polar surface area (TPSA) is 58.6 Å². The van der Waals surface area contributed by atoms with Crippen molar-refractivity contribution in [2.45, 2.75) is 45.8 Å². The van der Waals surface area contributed by atoms with Gasteiger partial charge in [-0.05, 0) is 64.1 Å². The normalized spacial score (nSPS) is 12.2. The molecule has 0 radical (unpaired) electrons. The summed E-state index contributed by atoms with van der Waals surface area (Å²) in [7, 11) is 0. The van der Waals surface area contributed by atoms with E-state index in [1.165, 1.54) is 4.90 Å². The monoisotopic (exact) mass is 470 g/mol. The first-order valence-electron chi connectivity index (χ1n) is 9.40. The highest BCUT2D eigenvalue weighted by Gasteiger charge is 2.29. The summed E-state index contributed by atoms with van der Waals surface area (Å²) in [6.07, 6.45) is 0. The maximum absolute atomic E-state index is 13.0. The van der Waals surface area contributed by atoms with Crippen LogP contribution in [0.1, 0.15) is 33.3 Å². The van der Waals surface area contributed by atoms with E-state index in [-0.39, 0.29) is 25.0 Å². The van der Waals surface area contributed by atoms with Crippen molar-refractivity contribution in [3.63, 3.8) is 0 Å². The van der Waals surface area contributed by atoms with Gasteiger partial charge in [-0.15, -0.1) is 0 Å². The Balaban J connectivity index is 2.23. The second kappa shape index (κ2) is 10.4. The van der Waals surface area contributed by atoms with Crippen LogP contribution >= 0.6 is 34.8 Å². The molecule has 0 aliphatic heterocycles. The first-order chi connectivity index (χ1) is 14.0. The zero-order valence-electron chi connectivity index (χ0n) is 17.3. The molecule has 0 aliphatic rings. The largest absolute Gasteiger partial charge is 0.484 e. The van der Waals surface area contributed by atoms with Gasteiger partial charge < -0.3 is 15.0 Å². The molecule has 162 valence electrons. The maximum Gasteiger partial charge on any atom is 0.261 e. The number of benzene rings is 2. The van der Waals surface area contributed by atoms with E-state index in [1.54, 1.807) is 49.4 Å². The molecule has 0 saturated heterocycles. The number of rotatable bonds is 7. The van der Waals surface area contributed by atoms with Gasteiger partial charge in [0.15, 0.2) is 6.61 Å². The molecule has 0 bridgehead atoms. The Kier molecular flexibility index (Phi) is 8.42. The van der Waals surface area contributed by atoms with E-state index >= 15 is 0 Å². The first-order valence-corrected chi connectivity index (χ1v) is 10.5. The number of carbonyl (C=O) groups excluding carboxylic acids is 2. The van der Waals surface area contributed by atoms with Crippen LogP contribution in [0.5, 0.6) is 5.75 Å². The minimum absolute atomic E-state index is 0.0695. The van der Waals surface area contributed by atoms with Crippen LogP contribution in [0.4, 0.5) is 0 Å². The lowest BCUT2D eigenvalue weighted by Gasteiger charge is -2.31. The van der Waals surface area contributed by atoms with E-state index in [4.69, 9.17) is 39.5 Å². The molecular weight excluding hydrogens is 447 g/mol. The van der Waals surface area contributed by atoms with E-state index in [9.17, 15) is 9.59 Å². The van der Waals surface area contributed by atoms with Crippen LogP contribution in [0, 0.1) is 0 Å². The van der Waals surface area contributed by atoms with Crippen molar-refractivity contribution in [2.75, 3.05) is 6.61 Å². The Morgan fingerprint density at radius 3 is 2.13 bits per heavy atom. The third-order valence-corrected chi connectivity index (χ3v) is 5.19. The van der Waals surface area contributed by atoms with Gasteiger partial charge in [-0.2, -0.15) is 0 Å². The Morgan fingerprint density at radius 2 is 1.60 bits per heavy atom. The molecule has 2 rings (SSSR count). The Morgan fingerprint density at radius 1 is 1.03 bits per heavy atom. The third kappa shape index (κ3) is 7.08. The lowest BCUT2D eigenvalue weighted by Crippen LogP contribution is -2.53. The number of hydrogen-bond donors (Lipinski definition) is 1. The van der Waals surface area contributed by atoms with Crippen molar-refractivity contribution < 1.29 is 14.3 Å². The fourth-order valence-electron chi connectivity index (χ4n) is 2.67. The average Bonchev–Trinajstić information content (AvgIpc) is 2.65. The van der Waals surface area contributed by atoms with Gasteiger partial charge in [0.25, 0.3) is 5.91 Å². The highest BCUT2D eigenvalue weighted by atomic mass is 35.5. The number of nitrogens with one attached hydrogen (secondary N) is 1. The zero-order valence-corrected chi connectivity index (χ0v) is 19.6. The van der Waals surface area contributed by atoms with Crippen LogP contribution < -0.4 is 10.1 Å². The third-order valence-electron chi connectivity index (χ3n) is 4.23. The van der Waals surface area contributed by atoms with Gasteiger partial charge in [-0.1, -0.05) is 40.9 Å². The molecule has 0 spiro atoms. The van der Waals surface area contributed by atoms with Gasteiger partial charge in [0.2, 0.25) is 5.91 Å². The molecular formula is C22H25Cl3N2O3. The molecule has 0 saturated carbocycles. The van der Waals surface area contributed by atoms with E-state index in [0.29, 0.717) is 26.4 Å². The van der Waals surface area contributed by atoms with Gasteiger partial charge in [0, 0.05) is 32.7 Å². The maximum atomic E-state index is 13.0. The number of ether oxygens (including phenoxy) is 1. The molecule has 2 aromatic carbocycles. The molecule has 2 aromatic rings. The van der Waals surface area contributed by atoms with Crippen LogP contribution in [0.2, 0.25) is 15.1 Å². The van der Waals surface area contributed by atoms with Crippen molar-refractivity contribution in [3.05, 3.63) is 63.1 Å². The summed E-state index contributed by atoms with van der Waals surface area (Å²) in [4.78, 5) is 27.2. The fraction of sp³-hybridized carbons (Fsp3) is 0.364. The highest BCUT2D eigenvalue weighted by Crippen LogP contribution is 2.27. The minimum atomic E-state index is -0.766. The van der Waals surface area contributed by atoms with Gasteiger partial charge in [-0.3, -0.25) is 9.59 Å². The van der Waals surface area contributed by atoms with Crippen LogP contribution in [-0.4, -0.2) is 34.9 Å². The molecule has 0 fully saturated rings. The Hall–Kier alpha value is -1.95. The van der Waals surface area contributed by atoms with Crippen LogP contribution in [0.3, 0.4) is 0 Å². The molecule has 1 N–H and O–H groups in total. The van der Waals surface area contributed by atoms with E-state index in [0.717, 1.165) is 0 Å². The smallest absolute Gasteiger partial charge is 0.261 e. The molecule has 0 aromatic heterocycles. The summed E-state index contributed by atoms with van der Waals surface area (Å²) < 4.78 is 5.59. The predicted molar refractivity (Wildman–Crippen MR) is 121 cm³/mol. The average molecular weight is 472 g/mol. The Labute approximate surface area is 192 Å². The predicted octanol–water partition coefficient (Wildman–Crippen LogP) is 5.36. The number of amides is 2. The summed E-state index contributed by atoms with van der Waals surface area (Å²) >= 11 is 18.5. The molecule has 0 aliphatic carbocycles. The van der Waals surface area contributed by atoms with Crippen LogP contribution in [0.15, 0.2) is 42.5 Å². The van der Waals surface area contributed by atoms with Crippen molar-refractivity contribution in [1.29, 1.82) is 0 Å². The van der Waals surface area contributed by atoms with Gasteiger partial charge in [0.05, 0.1) is 0 Å². The van der Waals surface area contributed by atoms with Crippen molar-refractivity contribution in [3.8, 4) is 5.75 Å². The summed E-state index contributed by atoms with van der Waals surface area (Å²) in [5.74, 6) is -0.168. The summed E-state index contributed by atoms with van der Waals surface area (Å²) in [6, 6.07) is 11.0. The second-order valence-electron chi connectivity index (χ2n) is 7.88. The molecule has 0 heterocycles. The van der Waals surface area contributed by atoms with Gasteiger partial charge in [0.1, 0.15) is 11.8 Å². The quantitative estimate of drug-likeness (QED) is 0.591. The summed E-state index contributed by atoms with van der Waals surface area (Å²) in [5, 5.41) is 4.30. The molecule has 8 heteroatoms. The van der Waals surface area contributed by atoms with E-state index in [2.05, 4.69) is 5.32 Å². The standard InChI is InChI=1S/C22H25Cl3N2O3/c1-14(21(29)26-22(2,3)4)27(12-17-18(24)6-5-7-19(17)25)20(28)13-30-16-10-8-15(23)9-11-16/h5-11,14H,12-13H2,1-4H3,(H,26,29)/t14-/m1/s1. The first kappa shape index (κ1) is 24.3. The summed E-state index contributed by atoms with van der Waals surface area (Å²) in [5.41, 5.74) is 0.123. The lowest BCUT2D eigenvalue weighted by molar-refractivity contribution is -0.142. The van der Waals surface area contributed by atoms with Gasteiger partial charge >= 0.3 is 0 Å². The summed E-state index contributed by atoms with van der Waals surface area (Å²) in [6.45, 7) is 7.10. The molecule has 1 atom stereocenters. The lowest BCUT2D eigenvalue weighted by atomic mass is 10.1. The number of halogens is 3. The van der Waals surface area contributed by atoms with Gasteiger partial charge in [-0.25, -0.2) is 0 Å². The molecule has 5 nitrogen and oxygen atoms in total. The van der Waals surface area contributed by atoms with E-state index < -0.39 is 11.6 Å². The second-order valence-corrected chi connectivity index (χ2v) is 9.13. The van der Waals surface area contributed by atoms with Crippen LogP contribution in [0.25, 0.3) is 0 Å². The number of carbonyl (C=O) groups is 2. The minimum Gasteiger partial charge on any atom is -0.484 e. The van der Waals surface area contributed by atoms with Crippen molar-refractivity contribution in [2.24, 2.45) is 0 Å². The highest BCUT2D eigenvalue weighted by molar-refractivity contribution is 6.36. The number of nitrogens with zero attached hydrogens (tertiary/aromatic N) is 1. The van der Waals surface area contributed by atoms with Crippen LogP contribution in [-0.2, 0) is 16.1 Å². The zero-order chi connectivity index (χ0) is 22.5.